The van der Waals surface area contributed by atoms with Crippen molar-refractivity contribution in [1.82, 2.24) is 4.98 Å². The normalized spacial score (nSPS) is 11.3. The van der Waals surface area contributed by atoms with E-state index in [0.717, 1.165) is 16.8 Å². The number of anilines is 1. The molecule has 1 aromatic heterocycles. The number of aliphatic imine (C=N–C) groups is 1. The fourth-order valence-electron chi connectivity index (χ4n) is 2.00. The Morgan fingerprint density at radius 1 is 1.18 bits per heavy atom. The molecular formula is C16H20N4O2. The van der Waals surface area contributed by atoms with Crippen LogP contribution in [0.15, 0.2) is 47.6 Å². The molecule has 2 aromatic rings. The van der Waals surface area contributed by atoms with Crippen LogP contribution in [-0.4, -0.2) is 25.2 Å². The highest BCUT2D eigenvalue weighted by molar-refractivity contribution is 5.92. The third kappa shape index (κ3) is 4.20. The standard InChI is InChI=1S/C16H20N4O2/c1-21-11-13-6-3-4-8-14(13)20-16(17)19-10-12-7-5-9-18-15(12)22-2/h3-9H,10-11H2,1-2H3,(H3,17,19,20). The molecule has 0 aliphatic heterocycles. The number of nitrogens with two attached hydrogens (primary N) is 1. The average molecular weight is 300 g/mol. The van der Waals surface area contributed by atoms with Crippen LogP contribution in [0.5, 0.6) is 5.88 Å². The minimum Gasteiger partial charge on any atom is -0.481 e. The lowest BCUT2D eigenvalue weighted by Gasteiger charge is -2.11. The number of hydrogen-bond donors (Lipinski definition) is 2. The minimum absolute atomic E-state index is 0.328. The van der Waals surface area contributed by atoms with E-state index >= 15 is 0 Å². The SMILES string of the molecule is COCc1ccccc1NC(N)=NCc1cccnc1OC. The summed E-state index contributed by atoms with van der Waals surface area (Å²) in [6.07, 6.45) is 1.68. The first-order valence-corrected chi connectivity index (χ1v) is 6.86. The van der Waals surface area contributed by atoms with E-state index in [0.29, 0.717) is 25.0 Å². The molecule has 0 saturated heterocycles. The molecule has 116 valence electrons. The van der Waals surface area contributed by atoms with Gasteiger partial charge in [0.25, 0.3) is 0 Å². The predicted octanol–water partition coefficient (Wildman–Crippen LogP) is 2.16. The molecule has 0 bridgehead atoms. The summed E-state index contributed by atoms with van der Waals surface area (Å²) < 4.78 is 10.4. The van der Waals surface area contributed by atoms with Gasteiger partial charge in [0.1, 0.15) is 0 Å². The Balaban J connectivity index is 2.07. The molecular weight excluding hydrogens is 280 g/mol. The third-order valence-electron chi connectivity index (χ3n) is 3.04. The maximum Gasteiger partial charge on any atom is 0.218 e. The van der Waals surface area contributed by atoms with Gasteiger partial charge in [-0.15, -0.1) is 0 Å². The molecule has 2 rings (SSSR count). The number of nitrogens with zero attached hydrogens (tertiary/aromatic N) is 2. The quantitative estimate of drug-likeness (QED) is 0.631. The van der Waals surface area contributed by atoms with Crippen molar-refractivity contribution in [3.8, 4) is 5.88 Å². The molecule has 0 saturated carbocycles. The van der Waals surface area contributed by atoms with E-state index in [9.17, 15) is 0 Å². The van der Waals surface area contributed by atoms with Crippen molar-refractivity contribution in [1.29, 1.82) is 0 Å². The highest BCUT2D eigenvalue weighted by atomic mass is 16.5. The number of benzene rings is 1. The molecule has 3 N–H and O–H groups in total. The van der Waals surface area contributed by atoms with Crippen LogP contribution in [0.2, 0.25) is 0 Å². The first-order valence-electron chi connectivity index (χ1n) is 6.86. The molecule has 0 radical (unpaired) electrons. The Hall–Kier alpha value is -2.60. The van der Waals surface area contributed by atoms with Gasteiger partial charge >= 0.3 is 0 Å². The summed E-state index contributed by atoms with van der Waals surface area (Å²) in [4.78, 5) is 8.45. The first-order chi connectivity index (χ1) is 10.7. The highest BCUT2D eigenvalue weighted by Gasteiger charge is 2.04. The van der Waals surface area contributed by atoms with Crippen LogP contribution in [0, 0.1) is 0 Å². The van der Waals surface area contributed by atoms with Gasteiger partial charge in [0.15, 0.2) is 5.96 Å². The molecule has 0 atom stereocenters. The van der Waals surface area contributed by atoms with Crippen LogP contribution in [0.4, 0.5) is 5.69 Å². The van der Waals surface area contributed by atoms with E-state index in [-0.39, 0.29) is 0 Å². The van der Waals surface area contributed by atoms with Crippen molar-refractivity contribution >= 4 is 11.6 Å². The fourth-order valence-corrected chi connectivity index (χ4v) is 2.00. The molecule has 0 spiro atoms. The van der Waals surface area contributed by atoms with Crippen LogP contribution in [0.3, 0.4) is 0 Å². The number of para-hydroxylation sites is 1. The summed E-state index contributed by atoms with van der Waals surface area (Å²) in [7, 11) is 3.24. The zero-order valence-corrected chi connectivity index (χ0v) is 12.7. The summed E-state index contributed by atoms with van der Waals surface area (Å²) in [6.45, 7) is 0.898. The lowest BCUT2D eigenvalue weighted by molar-refractivity contribution is 0.185. The van der Waals surface area contributed by atoms with E-state index in [4.69, 9.17) is 15.2 Å². The Kier molecular flexibility index (Phi) is 5.73. The van der Waals surface area contributed by atoms with Gasteiger partial charge in [-0.3, -0.25) is 0 Å². The van der Waals surface area contributed by atoms with Crippen molar-refractivity contribution in [2.45, 2.75) is 13.2 Å². The largest absolute Gasteiger partial charge is 0.481 e. The molecule has 0 amide bonds. The second-order valence-corrected chi connectivity index (χ2v) is 4.59. The topological polar surface area (TPSA) is 81.8 Å². The predicted molar refractivity (Wildman–Crippen MR) is 86.9 cm³/mol. The number of rotatable bonds is 6. The lowest BCUT2D eigenvalue weighted by atomic mass is 10.2. The number of guanidine groups is 1. The third-order valence-corrected chi connectivity index (χ3v) is 3.04. The lowest BCUT2D eigenvalue weighted by Crippen LogP contribution is -2.23. The monoisotopic (exact) mass is 300 g/mol. The van der Waals surface area contributed by atoms with Crippen LogP contribution in [-0.2, 0) is 17.9 Å². The van der Waals surface area contributed by atoms with Crippen LogP contribution >= 0.6 is 0 Å². The molecule has 1 heterocycles. The Morgan fingerprint density at radius 2 is 1.95 bits per heavy atom. The van der Waals surface area contributed by atoms with Crippen molar-refractivity contribution in [3.63, 3.8) is 0 Å². The van der Waals surface area contributed by atoms with Gasteiger partial charge in [-0.25, -0.2) is 9.98 Å². The van der Waals surface area contributed by atoms with Crippen LogP contribution < -0.4 is 15.8 Å². The maximum absolute atomic E-state index is 5.95. The first kappa shape index (κ1) is 15.8. The van der Waals surface area contributed by atoms with E-state index in [1.54, 1.807) is 20.4 Å². The molecule has 1 aromatic carbocycles. The minimum atomic E-state index is 0.328. The number of ether oxygens (including phenoxy) is 2. The van der Waals surface area contributed by atoms with E-state index < -0.39 is 0 Å². The van der Waals surface area contributed by atoms with Gasteiger partial charge in [0.2, 0.25) is 5.88 Å². The Labute approximate surface area is 130 Å². The van der Waals surface area contributed by atoms with E-state index in [1.807, 2.05) is 36.4 Å². The Morgan fingerprint density at radius 3 is 2.73 bits per heavy atom. The molecule has 0 fully saturated rings. The molecule has 0 aliphatic carbocycles. The number of hydrogen-bond acceptors (Lipinski definition) is 4. The number of methoxy groups -OCH3 is 2. The summed E-state index contributed by atoms with van der Waals surface area (Å²) >= 11 is 0. The van der Waals surface area contributed by atoms with E-state index in [2.05, 4.69) is 15.3 Å². The smallest absolute Gasteiger partial charge is 0.218 e. The van der Waals surface area contributed by atoms with Gasteiger partial charge in [-0.1, -0.05) is 24.3 Å². The Bertz CT molecular complexity index is 644. The number of pyridine rings is 1. The average Bonchev–Trinajstić information content (AvgIpc) is 2.55. The second-order valence-electron chi connectivity index (χ2n) is 4.59. The zero-order chi connectivity index (χ0) is 15.8. The van der Waals surface area contributed by atoms with E-state index in [1.165, 1.54) is 0 Å². The number of nitrogens with one attached hydrogen (secondary N) is 1. The zero-order valence-electron chi connectivity index (χ0n) is 12.7. The second kappa shape index (κ2) is 7.99. The molecule has 22 heavy (non-hydrogen) atoms. The van der Waals surface area contributed by atoms with Gasteiger partial charge in [0.05, 0.1) is 20.3 Å². The van der Waals surface area contributed by atoms with Crippen molar-refractivity contribution < 1.29 is 9.47 Å². The van der Waals surface area contributed by atoms with Crippen LogP contribution in [0.1, 0.15) is 11.1 Å². The van der Waals surface area contributed by atoms with Crippen molar-refractivity contribution in [3.05, 3.63) is 53.7 Å². The molecule has 6 heteroatoms. The van der Waals surface area contributed by atoms with Gasteiger partial charge in [-0.05, 0) is 12.1 Å². The van der Waals surface area contributed by atoms with Crippen LogP contribution in [0.25, 0.3) is 0 Å². The highest BCUT2D eigenvalue weighted by Crippen LogP contribution is 2.16. The molecule has 6 nitrogen and oxygen atoms in total. The molecule has 0 aliphatic rings. The summed E-state index contributed by atoms with van der Waals surface area (Å²) in [5.41, 5.74) is 8.72. The summed E-state index contributed by atoms with van der Waals surface area (Å²) in [6, 6.07) is 11.5. The van der Waals surface area contributed by atoms with Crippen molar-refractivity contribution in [2.75, 3.05) is 19.5 Å². The fraction of sp³-hybridized carbons (Fsp3) is 0.250. The number of aromatic nitrogens is 1. The summed E-state index contributed by atoms with van der Waals surface area (Å²) in [5.74, 6) is 0.883. The molecule has 0 unspecified atom stereocenters. The van der Waals surface area contributed by atoms with Gasteiger partial charge < -0.3 is 20.5 Å². The van der Waals surface area contributed by atoms with Crippen molar-refractivity contribution in [2.24, 2.45) is 10.7 Å². The maximum atomic E-state index is 5.95. The van der Waals surface area contributed by atoms with Gasteiger partial charge in [0, 0.05) is 30.1 Å². The van der Waals surface area contributed by atoms with Gasteiger partial charge in [-0.2, -0.15) is 0 Å². The summed E-state index contributed by atoms with van der Waals surface area (Å²) in [5, 5.41) is 3.09.